The van der Waals surface area contributed by atoms with Crippen molar-refractivity contribution >= 4 is 10.1 Å². The van der Waals surface area contributed by atoms with E-state index in [4.69, 9.17) is 4.55 Å². The normalized spacial score (nSPS) is 11.3. The summed E-state index contributed by atoms with van der Waals surface area (Å²) in [7, 11) is -4.19. The molecule has 1 radical (unpaired) electrons. The zero-order valence-corrected chi connectivity index (χ0v) is 11.9. The van der Waals surface area contributed by atoms with Gasteiger partial charge in [-0.15, -0.1) is 5.10 Å². The summed E-state index contributed by atoms with van der Waals surface area (Å²) in [6.45, 7) is 0. The molecule has 0 aliphatic rings. The summed E-state index contributed by atoms with van der Waals surface area (Å²) in [6, 6.07) is 9.38. The van der Waals surface area contributed by atoms with Crippen molar-refractivity contribution in [1.82, 2.24) is 20.2 Å². The predicted octanol–water partition coefficient (Wildman–Crippen LogP) is 1.65. The minimum Gasteiger partial charge on any atom is -0.282 e. The van der Waals surface area contributed by atoms with Crippen LogP contribution < -0.4 is 0 Å². The van der Waals surface area contributed by atoms with Gasteiger partial charge in [-0.25, -0.2) is 4.98 Å². The van der Waals surface area contributed by atoms with Crippen molar-refractivity contribution < 1.29 is 13.0 Å². The van der Waals surface area contributed by atoms with Gasteiger partial charge in [0.25, 0.3) is 10.1 Å². The highest BCUT2D eigenvalue weighted by Crippen LogP contribution is 2.22. The van der Waals surface area contributed by atoms with Crippen LogP contribution in [0, 0.1) is 6.20 Å². The van der Waals surface area contributed by atoms with Crippen LogP contribution in [0.15, 0.2) is 53.7 Å². The summed E-state index contributed by atoms with van der Waals surface area (Å²) in [5.41, 5.74) is 2.12. The first-order chi connectivity index (χ1) is 10.5. The molecule has 3 aromatic rings. The Bertz CT molecular complexity index is 880. The molecule has 0 fully saturated rings. The minimum atomic E-state index is -4.19. The van der Waals surface area contributed by atoms with Gasteiger partial charge in [-0.2, -0.15) is 13.5 Å². The highest BCUT2D eigenvalue weighted by molar-refractivity contribution is 7.85. The van der Waals surface area contributed by atoms with Gasteiger partial charge in [-0.05, 0) is 23.8 Å². The van der Waals surface area contributed by atoms with Crippen LogP contribution in [-0.2, 0) is 10.1 Å². The van der Waals surface area contributed by atoms with Gasteiger partial charge >= 0.3 is 0 Å². The third kappa shape index (κ3) is 2.97. The zero-order valence-electron chi connectivity index (χ0n) is 11.1. The molecule has 1 N–H and O–H groups in total. The maximum absolute atomic E-state index is 11.0. The molecular formula is C14H9N4O3S. The smallest absolute Gasteiger partial charge is 0.282 e. The SMILES string of the molecule is O=S(=O)(O)c1ccc(-c2ccc(-c3n[c]cnn3)nc2)cc1. The van der Waals surface area contributed by atoms with Crippen LogP contribution in [0.4, 0.5) is 0 Å². The van der Waals surface area contributed by atoms with Crippen molar-refractivity contribution in [3.8, 4) is 22.6 Å². The summed E-state index contributed by atoms with van der Waals surface area (Å²) in [4.78, 5) is 8.03. The van der Waals surface area contributed by atoms with Crippen LogP contribution in [0.5, 0.6) is 0 Å². The predicted molar refractivity (Wildman–Crippen MR) is 77.1 cm³/mol. The Hall–Kier alpha value is -2.71. The van der Waals surface area contributed by atoms with Crippen molar-refractivity contribution in [3.05, 3.63) is 55.0 Å². The molecule has 0 unspecified atom stereocenters. The molecule has 0 bridgehead atoms. The van der Waals surface area contributed by atoms with E-state index in [1.807, 2.05) is 0 Å². The van der Waals surface area contributed by atoms with Crippen LogP contribution in [0.2, 0.25) is 0 Å². The van der Waals surface area contributed by atoms with Gasteiger partial charge in [0.1, 0.15) is 11.9 Å². The fourth-order valence-corrected chi connectivity index (χ4v) is 2.33. The average molecular weight is 313 g/mol. The molecule has 2 aromatic heterocycles. The van der Waals surface area contributed by atoms with Gasteiger partial charge in [0.05, 0.1) is 11.1 Å². The molecule has 22 heavy (non-hydrogen) atoms. The third-order valence-corrected chi connectivity index (χ3v) is 3.78. The molecule has 0 saturated heterocycles. The molecule has 7 nitrogen and oxygen atoms in total. The van der Waals surface area contributed by atoms with Gasteiger partial charge in [0.15, 0.2) is 0 Å². The first-order valence-corrected chi connectivity index (χ1v) is 7.58. The minimum absolute atomic E-state index is 0.153. The number of rotatable bonds is 3. The molecule has 8 heteroatoms. The summed E-state index contributed by atoms with van der Waals surface area (Å²) in [6.07, 6.45) is 5.56. The Morgan fingerprint density at radius 2 is 1.73 bits per heavy atom. The van der Waals surface area contributed by atoms with Crippen molar-refractivity contribution in [2.75, 3.05) is 0 Å². The molecule has 0 saturated carbocycles. The average Bonchev–Trinajstić information content (AvgIpc) is 2.55. The molecule has 0 spiro atoms. The Morgan fingerprint density at radius 3 is 2.27 bits per heavy atom. The monoisotopic (exact) mass is 313 g/mol. The third-order valence-electron chi connectivity index (χ3n) is 2.92. The Labute approximate surface area is 126 Å². The van der Waals surface area contributed by atoms with Crippen LogP contribution in [0.3, 0.4) is 0 Å². The molecule has 3 rings (SSSR count). The van der Waals surface area contributed by atoms with Crippen LogP contribution >= 0.6 is 0 Å². The van der Waals surface area contributed by atoms with E-state index in [2.05, 4.69) is 26.4 Å². The number of hydrogen-bond donors (Lipinski definition) is 1. The molecule has 1 aromatic carbocycles. The topological polar surface area (TPSA) is 106 Å². The van der Waals surface area contributed by atoms with Gasteiger partial charge < -0.3 is 0 Å². The first-order valence-electron chi connectivity index (χ1n) is 6.14. The number of pyridine rings is 1. The second kappa shape index (κ2) is 5.58. The molecule has 109 valence electrons. The number of benzene rings is 1. The lowest BCUT2D eigenvalue weighted by molar-refractivity contribution is 0.483. The lowest BCUT2D eigenvalue weighted by Gasteiger charge is -2.03. The maximum Gasteiger partial charge on any atom is 0.294 e. The van der Waals surface area contributed by atoms with Gasteiger partial charge in [-0.1, -0.05) is 18.2 Å². The van der Waals surface area contributed by atoms with Crippen molar-refractivity contribution in [2.24, 2.45) is 0 Å². The van der Waals surface area contributed by atoms with E-state index in [9.17, 15) is 8.42 Å². The highest BCUT2D eigenvalue weighted by atomic mass is 32.2. The van der Waals surface area contributed by atoms with E-state index in [-0.39, 0.29) is 4.90 Å². The van der Waals surface area contributed by atoms with E-state index in [0.29, 0.717) is 11.5 Å². The van der Waals surface area contributed by atoms with E-state index >= 15 is 0 Å². The molecule has 0 aliphatic heterocycles. The van der Waals surface area contributed by atoms with Gasteiger partial charge in [0, 0.05) is 11.8 Å². The largest absolute Gasteiger partial charge is 0.294 e. The summed E-state index contributed by atoms with van der Waals surface area (Å²) < 4.78 is 31.0. The molecule has 0 aliphatic carbocycles. The second-order valence-electron chi connectivity index (χ2n) is 4.34. The van der Waals surface area contributed by atoms with Crippen LogP contribution in [-0.4, -0.2) is 33.1 Å². The number of aromatic nitrogens is 4. The fraction of sp³-hybridized carbons (Fsp3) is 0. The van der Waals surface area contributed by atoms with Crippen molar-refractivity contribution in [3.63, 3.8) is 0 Å². The van der Waals surface area contributed by atoms with Gasteiger partial charge in [-0.3, -0.25) is 9.54 Å². The first kappa shape index (κ1) is 14.2. The Balaban J connectivity index is 1.90. The quantitative estimate of drug-likeness (QED) is 0.733. The lowest BCUT2D eigenvalue weighted by Crippen LogP contribution is -1.97. The summed E-state index contributed by atoms with van der Waals surface area (Å²) >= 11 is 0. The van der Waals surface area contributed by atoms with E-state index in [1.54, 1.807) is 30.5 Å². The number of nitrogens with zero attached hydrogens (tertiary/aromatic N) is 4. The van der Waals surface area contributed by atoms with E-state index < -0.39 is 10.1 Å². The molecule has 0 atom stereocenters. The maximum atomic E-state index is 11.0. The van der Waals surface area contributed by atoms with E-state index in [0.717, 1.165) is 11.1 Å². The number of hydrogen-bond acceptors (Lipinski definition) is 6. The van der Waals surface area contributed by atoms with Crippen LogP contribution in [0.1, 0.15) is 0 Å². The van der Waals surface area contributed by atoms with E-state index in [1.165, 1.54) is 18.3 Å². The molecular weight excluding hydrogens is 304 g/mol. The highest BCUT2D eigenvalue weighted by Gasteiger charge is 2.09. The Morgan fingerprint density at radius 1 is 1.00 bits per heavy atom. The summed E-state index contributed by atoms with van der Waals surface area (Å²) in [5, 5.41) is 7.53. The van der Waals surface area contributed by atoms with Gasteiger partial charge in [0.2, 0.25) is 5.82 Å². The van der Waals surface area contributed by atoms with Crippen LogP contribution in [0.25, 0.3) is 22.6 Å². The fourth-order valence-electron chi connectivity index (χ4n) is 1.85. The molecule has 2 heterocycles. The standard InChI is InChI=1S/C14H9N4O3S/c19-22(20,21)12-4-1-10(2-5-12)11-3-6-13(16-9-11)14-15-7-8-17-18-14/h1-6,8-9H,(H,19,20,21). The van der Waals surface area contributed by atoms with Crippen molar-refractivity contribution in [2.45, 2.75) is 4.90 Å². The summed E-state index contributed by atoms with van der Waals surface area (Å²) in [5.74, 6) is 0.371. The Kier molecular flexibility index (Phi) is 3.61. The lowest BCUT2D eigenvalue weighted by atomic mass is 10.1. The second-order valence-corrected chi connectivity index (χ2v) is 5.76. The molecule has 0 amide bonds. The van der Waals surface area contributed by atoms with Crippen molar-refractivity contribution in [1.29, 1.82) is 0 Å². The zero-order chi connectivity index (χ0) is 15.6.